The first kappa shape index (κ1) is 14.4. The summed E-state index contributed by atoms with van der Waals surface area (Å²) >= 11 is 0. The summed E-state index contributed by atoms with van der Waals surface area (Å²) in [5.74, 6) is 0.646. The van der Waals surface area contributed by atoms with Crippen LogP contribution in [0, 0.1) is 6.92 Å². The fourth-order valence-corrected chi connectivity index (χ4v) is 3.79. The molecule has 0 unspecified atom stereocenters. The Balaban J connectivity index is 1.59. The lowest BCUT2D eigenvalue weighted by molar-refractivity contribution is 0.0717. The number of ether oxygens (including phenoxy) is 1. The Bertz CT molecular complexity index is 715. The minimum absolute atomic E-state index is 0.0675. The number of pyridine rings is 1. The van der Waals surface area contributed by atoms with Crippen LogP contribution in [-0.2, 0) is 4.74 Å². The maximum absolute atomic E-state index is 12.8. The standard InChI is InChI=1S/C17H20N4O2/c1-12-13(11-19-21(12)15-6-2-3-9-18-15)16(22)20-17-7-4-5-14(17)23-10-8-17/h2-3,6,9,11,14H,4-5,7-8,10H2,1H3,(H,20,22)/t14-,17+/m1/s1. The van der Waals surface area contributed by atoms with Gasteiger partial charge in [-0.3, -0.25) is 4.79 Å². The van der Waals surface area contributed by atoms with Crippen LogP contribution in [0.3, 0.4) is 0 Å². The van der Waals surface area contributed by atoms with Crippen molar-refractivity contribution in [1.29, 1.82) is 0 Å². The third-order valence-electron chi connectivity index (χ3n) is 5.06. The lowest BCUT2D eigenvalue weighted by Crippen LogP contribution is -2.51. The molecule has 0 bridgehead atoms. The van der Waals surface area contributed by atoms with E-state index in [4.69, 9.17) is 4.74 Å². The van der Waals surface area contributed by atoms with Crippen LogP contribution in [0.1, 0.15) is 41.7 Å². The van der Waals surface area contributed by atoms with Gasteiger partial charge in [0.1, 0.15) is 0 Å². The average molecular weight is 312 g/mol. The maximum Gasteiger partial charge on any atom is 0.255 e. The van der Waals surface area contributed by atoms with E-state index in [0.29, 0.717) is 11.4 Å². The number of hydrogen-bond acceptors (Lipinski definition) is 4. The van der Waals surface area contributed by atoms with Crippen LogP contribution in [0.15, 0.2) is 30.6 Å². The molecule has 6 heteroatoms. The van der Waals surface area contributed by atoms with Gasteiger partial charge >= 0.3 is 0 Å². The normalized spacial score (nSPS) is 26.2. The van der Waals surface area contributed by atoms with Gasteiger partial charge in [-0.25, -0.2) is 9.67 Å². The van der Waals surface area contributed by atoms with Crippen molar-refractivity contribution in [2.75, 3.05) is 6.61 Å². The SMILES string of the molecule is Cc1c(C(=O)N[C@]23CCC[C@H]2OCC3)cnn1-c1ccccn1. The molecule has 2 aliphatic rings. The van der Waals surface area contributed by atoms with Crippen LogP contribution >= 0.6 is 0 Å². The lowest BCUT2D eigenvalue weighted by atomic mass is 9.93. The van der Waals surface area contributed by atoms with Crippen molar-refractivity contribution in [3.05, 3.63) is 41.9 Å². The number of aromatic nitrogens is 3. The summed E-state index contributed by atoms with van der Waals surface area (Å²) in [6.45, 7) is 2.63. The molecule has 2 aromatic heterocycles. The van der Waals surface area contributed by atoms with Crippen molar-refractivity contribution in [1.82, 2.24) is 20.1 Å². The molecular weight excluding hydrogens is 292 g/mol. The minimum atomic E-state index is -0.184. The highest BCUT2D eigenvalue weighted by molar-refractivity contribution is 5.95. The van der Waals surface area contributed by atoms with Crippen molar-refractivity contribution in [2.45, 2.75) is 44.2 Å². The van der Waals surface area contributed by atoms with Crippen molar-refractivity contribution < 1.29 is 9.53 Å². The lowest BCUT2D eigenvalue weighted by Gasteiger charge is -2.29. The zero-order valence-corrected chi connectivity index (χ0v) is 13.2. The largest absolute Gasteiger partial charge is 0.376 e. The summed E-state index contributed by atoms with van der Waals surface area (Å²) in [4.78, 5) is 17.0. The number of nitrogens with zero attached hydrogens (tertiary/aromatic N) is 3. The fraction of sp³-hybridized carbons (Fsp3) is 0.471. The summed E-state index contributed by atoms with van der Waals surface area (Å²) in [6.07, 6.45) is 7.54. The number of carbonyl (C=O) groups excluding carboxylic acids is 1. The summed E-state index contributed by atoms with van der Waals surface area (Å²) in [6, 6.07) is 5.63. The second-order valence-electron chi connectivity index (χ2n) is 6.36. The quantitative estimate of drug-likeness (QED) is 0.941. The van der Waals surface area contributed by atoms with E-state index >= 15 is 0 Å². The van der Waals surface area contributed by atoms with E-state index in [1.165, 1.54) is 0 Å². The van der Waals surface area contributed by atoms with Gasteiger partial charge in [-0.1, -0.05) is 6.07 Å². The second kappa shape index (κ2) is 5.45. The number of fused-ring (bicyclic) bond motifs is 1. The first-order valence-corrected chi connectivity index (χ1v) is 8.10. The zero-order chi connectivity index (χ0) is 15.9. The van der Waals surface area contributed by atoms with E-state index in [-0.39, 0.29) is 17.6 Å². The third kappa shape index (κ3) is 2.34. The molecule has 2 atom stereocenters. The van der Waals surface area contributed by atoms with Crippen LogP contribution in [0.25, 0.3) is 5.82 Å². The van der Waals surface area contributed by atoms with Crippen molar-refractivity contribution in [3.8, 4) is 5.82 Å². The van der Waals surface area contributed by atoms with Gasteiger partial charge in [0.15, 0.2) is 5.82 Å². The van der Waals surface area contributed by atoms with E-state index in [1.807, 2.05) is 25.1 Å². The fourth-order valence-electron chi connectivity index (χ4n) is 3.79. The van der Waals surface area contributed by atoms with Crippen LogP contribution in [-0.4, -0.2) is 38.9 Å². The van der Waals surface area contributed by atoms with Gasteiger partial charge in [-0.15, -0.1) is 0 Å². The molecule has 1 N–H and O–H groups in total. The molecule has 1 saturated carbocycles. The van der Waals surface area contributed by atoms with Crippen LogP contribution in [0.5, 0.6) is 0 Å². The van der Waals surface area contributed by atoms with Crippen LogP contribution in [0.2, 0.25) is 0 Å². The van der Waals surface area contributed by atoms with Gasteiger partial charge in [0.2, 0.25) is 0 Å². The molecule has 23 heavy (non-hydrogen) atoms. The summed E-state index contributed by atoms with van der Waals surface area (Å²) < 4.78 is 7.47. The molecule has 0 spiro atoms. The Kier molecular flexibility index (Phi) is 3.41. The summed E-state index contributed by atoms with van der Waals surface area (Å²) in [5, 5.41) is 7.57. The predicted octanol–water partition coefficient (Wildman–Crippen LogP) is 2.02. The van der Waals surface area contributed by atoms with Gasteiger partial charge in [0.05, 0.1) is 29.1 Å². The van der Waals surface area contributed by atoms with Gasteiger partial charge < -0.3 is 10.1 Å². The summed E-state index contributed by atoms with van der Waals surface area (Å²) in [7, 11) is 0. The molecule has 120 valence electrons. The predicted molar refractivity (Wildman–Crippen MR) is 84.5 cm³/mol. The first-order valence-electron chi connectivity index (χ1n) is 8.10. The molecule has 6 nitrogen and oxygen atoms in total. The molecule has 2 aromatic rings. The van der Waals surface area contributed by atoms with Crippen molar-refractivity contribution >= 4 is 5.91 Å². The van der Waals surface area contributed by atoms with Gasteiger partial charge in [0.25, 0.3) is 5.91 Å². The molecule has 4 rings (SSSR count). The molecule has 2 fully saturated rings. The third-order valence-corrected chi connectivity index (χ3v) is 5.06. The smallest absolute Gasteiger partial charge is 0.255 e. The molecular formula is C17H20N4O2. The van der Waals surface area contributed by atoms with E-state index in [9.17, 15) is 4.79 Å². The Morgan fingerprint density at radius 2 is 2.35 bits per heavy atom. The average Bonchev–Trinajstić information content (AvgIpc) is 3.21. The Hall–Kier alpha value is -2.21. The van der Waals surface area contributed by atoms with E-state index in [1.54, 1.807) is 17.1 Å². The number of hydrogen-bond donors (Lipinski definition) is 1. The first-order chi connectivity index (χ1) is 11.2. The van der Waals surface area contributed by atoms with Crippen LogP contribution in [0.4, 0.5) is 0 Å². The number of nitrogens with one attached hydrogen (secondary N) is 1. The number of amides is 1. The zero-order valence-electron chi connectivity index (χ0n) is 13.2. The number of carbonyl (C=O) groups is 1. The molecule has 1 saturated heterocycles. The van der Waals surface area contributed by atoms with Gasteiger partial charge in [0, 0.05) is 12.8 Å². The molecule has 3 heterocycles. The maximum atomic E-state index is 12.8. The molecule has 0 aromatic carbocycles. The van der Waals surface area contributed by atoms with E-state index < -0.39 is 0 Å². The van der Waals surface area contributed by atoms with Gasteiger partial charge in [-0.05, 0) is 44.7 Å². The molecule has 1 amide bonds. The Morgan fingerprint density at radius 3 is 3.17 bits per heavy atom. The Morgan fingerprint density at radius 1 is 1.43 bits per heavy atom. The highest BCUT2D eigenvalue weighted by Crippen LogP contribution is 2.40. The monoisotopic (exact) mass is 312 g/mol. The van der Waals surface area contributed by atoms with Crippen molar-refractivity contribution in [3.63, 3.8) is 0 Å². The highest BCUT2D eigenvalue weighted by Gasteiger charge is 2.48. The minimum Gasteiger partial charge on any atom is -0.376 e. The number of rotatable bonds is 3. The van der Waals surface area contributed by atoms with Crippen LogP contribution < -0.4 is 5.32 Å². The van der Waals surface area contributed by atoms with E-state index in [2.05, 4.69) is 15.4 Å². The van der Waals surface area contributed by atoms with Gasteiger partial charge in [-0.2, -0.15) is 5.10 Å². The second-order valence-corrected chi connectivity index (χ2v) is 6.36. The Labute approximate surface area is 134 Å². The highest BCUT2D eigenvalue weighted by atomic mass is 16.5. The molecule has 1 aliphatic carbocycles. The molecule has 1 aliphatic heterocycles. The molecule has 0 radical (unpaired) electrons. The van der Waals surface area contributed by atoms with Crippen molar-refractivity contribution in [2.24, 2.45) is 0 Å². The van der Waals surface area contributed by atoms with E-state index in [0.717, 1.165) is 38.0 Å². The summed E-state index contributed by atoms with van der Waals surface area (Å²) in [5.41, 5.74) is 1.21. The topological polar surface area (TPSA) is 69.0 Å².